The minimum Gasteiger partial charge on any atom is -0.366 e. The van der Waals surface area contributed by atoms with Crippen LogP contribution >= 0.6 is 0 Å². The summed E-state index contributed by atoms with van der Waals surface area (Å²) in [5, 5.41) is 7.37. The number of hydrogen-bond donors (Lipinski definition) is 1. The van der Waals surface area contributed by atoms with Gasteiger partial charge in [-0.05, 0) is 37.6 Å². The van der Waals surface area contributed by atoms with Crippen molar-refractivity contribution in [1.82, 2.24) is 19.7 Å². The highest BCUT2D eigenvalue weighted by molar-refractivity contribution is 5.42. The smallest absolute Gasteiger partial charge is 0.366 e. The van der Waals surface area contributed by atoms with Crippen molar-refractivity contribution in [3.8, 4) is 5.82 Å². The maximum Gasteiger partial charge on any atom is 0.416 e. The second-order valence-corrected chi connectivity index (χ2v) is 5.65. The van der Waals surface area contributed by atoms with E-state index in [2.05, 4.69) is 20.4 Å². The van der Waals surface area contributed by atoms with E-state index in [0.717, 1.165) is 23.5 Å². The zero-order valence-electron chi connectivity index (χ0n) is 13.7. The lowest BCUT2D eigenvalue weighted by atomic mass is 10.1. The summed E-state index contributed by atoms with van der Waals surface area (Å²) < 4.78 is 40.0. The molecule has 0 bridgehead atoms. The fraction of sp³-hybridized carbons (Fsp3) is 0.235. The van der Waals surface area contributed by atoms with Crippen molar-refractivity contribution in [2.24, 2.45) is 0 Å². The van der Waals surface area contributed by atoms with E-state index in [1.165, 1.54) is 12.4 Å². The van der Waals surface area contributed by atoms with Crippen LogP contribution in [-0.4, -0.2) is 19.7 Å². The Bertz CT molecular complexity index is 886. The molecule has 2 heterocycles. The van der Waals surface area contributed by atoms with Gasteiger partial charge in [0.05, 0.1) is 11.3 Å². The quantitative estimate of drug-likeness (QED) is 0.777. The third kappa shape index (κ3) is 3.96. The maximum atomic E-state index is 12.8. The highest BCUT2D eigenvalue weighted by Gasteiger charge is 2.30. The molecule has 0 unspecified atom stereocenters. The van der Waals surface area contributed by atoms with Crippen LogP contribution in [0.15, 0.2) is 42.7 Å². The molecule has 0 aliphatic carbocycles. The molecule has 1 N–H and O–H groups in total. The van der Waals surface area contributed by atoms with Crippen LogP contribution in [0.4, 0.5) is 19.0 Å². The van der Waals surface area contributed by atoms with Gasteiger partial charge in [0, 0.05) is 18.3 Å². The molecule has 0 saturated carbocycles. The summed E-state index contributed by atoms with van der Waals surface area (Å²) in [6.45, 7) is 4.02. The van der Waals surface area contributed by atoms with Gasteiger partial charge in [0.2, 0.25) is 0 Å². The van der Waals surface area contributed by atoms with E-state index < -0.39 is 11.7 Å². The van der Waals surface area contributed by atoms with Crippen molar-refractivity contribution in [3.63, 3.8) is 0 Å². The molecule has 2 aromatic heterocycles. The van der Waals surface area contributed by atoms with E-state index in [0.29, 0.717) is 17.2 Å². The summed E-state index contributed by atoms with van der Waals surface area (Å²) in [4.78, 5) is 8.29. The van der Waals surface area contributed by atoms with E-state index >= 15 is 0 Å². The second kappa shape index (κ2) is 6.54. The van der Waals surface area contributed by atoms with E-state index in [1.54, 1.807) is 16.8 Å². The molecular formula is C17H16F3N5. The molecule has 0 aliphatic heterocycles. The van der Waals surface area contributed by atoms with Crippen molar-refractivity contribution in [2.45, 2.75) is 26.6 Å². The number of aryl methyl sites for hydroxylation is 2. The molecule has 3 aromatic rings. The molecule has 3 rings (SSSR count). The van der Waals surface area contributed by atoms with Gasteiger partial charge in [0.15, 0.2) is 5.82 Å². The lowest BCUT2D eigenvalue weighted by molar-refractivity contribution is -0.137. The van der Waals surface area contributed by atoms with Gasteiger partial charge in [0.25, 0.3) is 0 Å². The fourth-order valence-corrected chi connectivity index (χ4v) is 2.47. The molecule has 8 heteroatoms. The molecule has 0 amide bonds. The van der Waals surface area contributed by atoms with Crippen LogP contribution in [-0.2, 0) is 12.7 Å². The number of benzene rings is 1. The second-order valence-electron chi connectivity index (χ2n) is 5.65. The van der Waals surface area contributed by atoms with Crippen LogP contribution < -0.4 is 5.32 Å². The number of alkyl halides is 3. The Morgan fingerprint density at radius 1 is 1.08 bits per heavy atom. The molecule has 0 fully saturated rings. The predicted octanol–water partition coefficient (Wildman–Crippen LogP) is 3.91. The zero-order chi connectivity index (χ0) is 18.0. The molecule has 130 valence electrons. The minimum absolute atomic E-state index is 0.220. The Hall–Kier alpha value is -2.90. The molecule has 5 nitrogen and oxygen atoms in total. The molecule has 0 spiro atoms. The Morgan fingerprint density at radius 2 is 1.88 bits per heavy atom. The van der Waals surface area contributed by atoms with Crippen molar-refractivity contribution >= 4 is 5.82 Å². The third-order valence-corrected chi connectivity index (χ3v) is 3.61. The van der Waals surface area contributed by atoms with Gasteiger partial charge >= 0.3 is 6.18 Å². The topological polar surface area (TPSA) is 55.6 Å². The summed E-state index contributed by atoms with van der Waals surface area (Å²) >= 11 is 0. The largest absolute Gasteiger partial charge is 0.416 e. The van der Waals surface area contributed by atoms with Crippen molar-refractivity contribution in [2.75, 3.05) is 5.32 Å². The number of rotatable bonds is 4. The SMILES string of the molecule is Cc1cc(C)n(-c2cc(NCc3cccc(C(F)(F)F)c3)ncn2)n1. The summed E-state index contributed by atoms with van der Waals surface area (Å²) in [7, 11) is 0. The van der Waals surface area contributed by atoms with Crippen LogP contribution in [0.1, 0.15) is 22.5 Å². The average Bonchev–Trinajstić information content (AvgIpc) is 2.91. The highest BCUT2D eigenvalue weighted by atomic mass is 19.4. The van der Waals surface area contributed by atoms with Gasteiger partial charge < -0.3 is 5.32 Å². The Balaban J connectivity index is 1.76. The van der Waals surface area contributed by atoms with Crippen LogP contribution in [0.5, 0.6) is 0 Å². The fourth-order valence-electron chi connectivity index (χ4n) is 2.47. The van der Waals surface area contributed by atoms with Gasteiger partial charge in [-0.3, -0.25) is 0 Å². The molecule has 0 aliphatic rings. The summed E-state index contributed by atoms with van der Waals surface area (Å²) in [6, 6.07) is 8.82. The predicted molar refractivity (Wildman–Crippen MR) is 87.4 cm³/mol. The number of hydrogen-bond acceptors (Lipinski definition) is 4. The van der Waals surface area contributed by atoms with Crippen LogP contribution in [0, 0.1) is 13.8 Å². The van der Waals surface area contributed by atoms with Crippen LogP contribution in [0.2, 0.25) is 0 Å². The van der Waals surface area contributed by atoms with Gasteiger partial charge in [-0.15, -0.1) is 0 Å². The summed E-state index contributed by atoms with van der Waals surface area (Å²) in [6.07, 6.45) is -2.96. The molecule has 0 saturated heterocycles. The molecule has 0 atom stereocenters. The number of anilines is 1. The minimum atomic E-state index is -4.35. The van der Waals surface area contributed by atoms with Gasteiger partial charge in [-0.2, -0.15) is 18.3 Å². The summed E-state index contributed by atoms with van der Waals surface area (Å²) in [5.41, 5.74) is 1.65. The Kier molecular flexibility index (Phi) is 4.43. The van der Waals surface area contributed by atoms with E-state index in [4.69, 9.17) is 0 Å². The number of nitrogens with zero attached hydrogens (tertiary/aromatic N) is 4. The van der Waals surface area contributed by atoms with Crippen molar-refractivity contribution in [3.05, 3.63) is 65.2 Å². The lowest BCUT2D eigenvalue weighted by Crippen LogP contribution is -2.08. The monoisotopic (exact) mass is 347 g/mol. The van der Waals surface area contributed by atoms with Crippen molar-refractivity contribution in [1.29, 1.82) is 0 Å². The zero-order valence-corrected chi connectivity index (χ0v) is 13.7. The first-order valence-corrected chi connectivity index (χ1v) is 7.58. The molecule has 0 radical (unpaired) electrons. The van der Waals surface area contributed by atoms with Gasteiger partial charge in [-0.1, -0.05) is 12.1 Å². The van der Waals surface area contributed by atoms with E-state index in [1.807, 2.05) is 19.9 Å². The molecule has 1 aromatic carbocycles. The van der Waals surface area contributed by atoms with Gasteiger partial charge in [0.1, 0.15) is 12.1 Å². The molecular weight excluding hydrogens is 331 g/mol. The number of aromatic nitrogens is 4. The Labute approximate surface area is 142 Å². The van der Waals surface area contributed by atoms with E-state index in [9.17, 15) is 13.2 Å². The first-order chi connectivity index (χ1) is 11.8. The standard InChI is InChI=1S/C17H16F3N5/c1-11-6-12(2)25(24-11)16-8-15(22-10-23-16)21-9-13-4-3-5-14(7-13)17(18,19)20/h3-8,10H,9H2,1-2H3,(H,21,22,23). The van der Waals surface area contributed by atoms with Crippen LogP contribution in [0.3, 0.4) is 0 Å². The normalized spacial score (nSPS) is 11.6. The van der Waals surface area contributed by atoms with Crippen LogP contribution in [0.25, 0.3) is 5.82 Å². The number of nitrogens with one attached hydrogen (secondary N) is 1. The maximum absolute atomic E-state index is 12.8. The third-order valence-electron chi connectivity index (χ3n) is 3.61. The Morgan fingerprint density at radius 3 is 2.56 bits per heavy atom. The lowest BCUT2D eigenvalue weighted by Gasteiger charge is -2.10. The van der Waals surface area contributed by atoms with E-state index in [-0.39, 0.29) is 6.54 Å². The number of halogens is 3. The highest BCUT2D eigenvalue weighted by Crippen LogP contribution is 2.29. The van der Waals surface area contributed by atoms with Gasteiger partial charge in [-0.25, -0.2) is 14.6 Å². The summed E-state index contributed by atoms with van der Waals surface area (Å²) in [5.74, 6) is 1.10. The first-order valence-electron chi connectivity index (χ1n) is 7.58. The molecule has 25 heavy (non-hydrogen) atoms. The first kappa shape index (κ1) is 16.9. The average molecular weight is 347 g/mol. The van der Waals surface area contributed by atoms with Crippen molar-refractivity contribution < 1.29 is 13.2 Å².